The summed E-state index contributed by atoms with van der Waals surface area (Å²) in [6, 6.07) is 0. The molecule has 0 aromatic heterocycles. The molecule has 0 bridgehead atoms. The molecule has 0 aliphatic carbocycles. The van der Waals surface area contributed by atoms with E-state index in [4.69, 9.17) is 9.94 Å². The van der Waals surface area contributed by atoms with E-state index >= 15 is 0 Å². The van der Waals surface area contributed by atoms with Crippen LogP contribution in [0.5, 0.6) is 0 Å². The second kappa shape index (κ2) is 2.91. The van der Waals surface area contributed by atoms with Crippen LogP contribution in [0, 0.1) is 0 Å². The maximum Gasteiger partial charge on any atom is 0.353 e. The molecule has 6 heteroatoms. The SMILES string of the molecule is Cl.O=C(O)C1=NOC2(CNC2)C1. The number of halogens is 1. The zero-order valence-electron chi connectivity index (χ0n) is 6.24. The molecule has 0 aromatic rings. The van der Waals surface area contributed by atoms with Gasteiger partial charge in [0.2, 0.25) is 0 Å². The van der Waals surface area contributed by atoms with Gasteiger partial charge in [-0.1, -0.05) is 5.16 Å². The smallest absolute Gasteiger partial charge is 0.353 e. The van der Waals surface area contributed by atoms with Crippen LogP contribution in [0.3, 0.4) is 0 Å². The molecule has 0 amide bonds. The number of carboxylic acid groups (broad SMARTS) is 1. The third-order valence-electron chi connectivity index (χ3n) is 1.98. The van der Waals surface area contributed by atoms with Gasteiger partial charge in [-0.05, 0) is 0 Å². The molecule has 1 fully saturated rings. The van der Waals surface area contributed by atoms with Gasteiger partial charge in [-0.15, -0.1) is 12.4 Å². The minimum atomic E-state index is -0.978. The number of carboxylic acids is 1. The van der Waals surface area contributed by atoms with Crippen molar-refractivity contribution >= 4 is 24.1 Å². The highest BCUT2D eigenvalue weighted by atomic mass is 35.5. The van der Waals surface area contributed by atoms with Gasteiger partial charge in [-0.2, -0.15) is 0 Å². The van der Waals surface area contributed by atoms with Crippen LogP contribution in [0.4, 0.5) is 0 Å². The first-order valence-corrected chi connectivity index (χ1v) is 3.41. The Morgan fingerprint density at radius 1 is 1.67 bits per heavy atom. The molecule has 0 saturated carbocycles. The Morgan fingerprint density at radius 3 is 2.58 bits per heavy atom. The quantitative estimate of drug-likeness (QED) is 0.594. The van der Waals surface area contributed by atoms with Gasteiger partial charge in [0.1, 0.15) is 0 Å². The molecule has 2 rings (SSSR count). The van der Waals surface area contributed by atoms with E-state index in [9.17, 15) is 4.79 Å². The van der Waals surface area contributed by atoms with Crippen LogP contribution in [0.15, 0.2) is 5.16 Å². The molecule has 0 atom stereocenters. The van der Waals surface area contributed by atoms with Crippen molar-refractivity contribution in [1.29, 1.82) is 0 Å². The average Bonchev–Trinajstić information content (AvgIpc) is 2.28. The number of rotatable bonds is 1. The highest BCUT2D eigenvalue weighted by molar-refractivity contribution is 6.36. The number of nitrogens with zero attached hydrogens (tertiary/aromatic N) is 1. The molecule has 1 saturated heterocycles. The summed E-state index contributed by atoms with van der Waals surface area (Å²) >= 11 is 0. The molecule has 68 valence electrons. The van der Waals surface area contributed by atoms with Crippen molar-refractivity contribution in [3.05, 3.63) is 0 Å². The molecule has 2 aliphatic rings. The fourth-order valence-corrected chi connectivity index (χ4v) is 1.23. The van der Waals surface area contributed by atoms with Crippen molar-refractivity contribution in [3.63, 3.8) is 0 Å². The normalized spacial score (nSPS) is 23.5. The summed E-state index contributed by atoms with van der Waals surface area (Å²) in [6.07, 6.45) is 0.426. The average molecular weight is 193 g/mol. The number of nitrogens with one attached hydrogen (secondary N) is 1. The van der Waals surface area contributed by atoms with Crippen LogP contribution >= 0.6 is 12.4 Å². The lowest BCUT2D eigenvalue weighted by atomic mass is 9.91. The largest absolute Gasteiger partial charge is 0.477 e. The van der Waals surface area contributed by atoms with E-state index < -0.39 is 5.97 Å². The number of hydrogen-bond acceptors (Lipinski definition) is 4. The maximum atomic E-state index is 10.4. The summed E-state index contributed by atoms with van der Waals surface area (Å²) in [4.78, 5) is 15.4. The lowest BCUT2D eigenvalue weighted by molar-refractivity contribution is -0.129. The number of aliphatic carboxylic acids is 1. The van der Waals surface area contributed by atoms with Crippen molar-refractivity contribution < 1.29 is 14.7 Å². The number of carbonyl (C=O) groups is 1. The van der Waals surface area contributed by atoms with E-state index in [0.717, 1.165) is 0 Å². The van der Waals surface area contributed by atoms with Crippen LogP contribution < -0.4 is 5.32 Å². The molecule has 0 aromatic carbocycles. The van der Waals surface area contributed by atoms with E-state index in [1.807, 2.05) is 0 Å². The zero-order valence-corrected chi connectivity index (χ0v) is 7.06. The van der Waals surface area contributed by atoms with Gasteiger partial charge in [0.15, 0.2) is 11.3 Å². The van der Waals surface area contributed by atoms with Crippen molar-refractivity contribution in [2.24, 2.45) is 5.16 Å². The molecule has 2 heterocycles. The van der Waals surface area contributed by atoms with E-state index in [-0.39, 0.29) is 23.7 Å². The van der Waals surface area contributed by atoms with Crippen molar-refractivity contribution in [3.8, 4) is 0 Å². The van der Waals surface area contributed by atoms with Gasteiger partial charge < -0.3 is 15.3 Å². The maximum absolute atomic E-state index is 10.4. The Morgan fingerprint density at radius 2 is 2.33 bits per heavy atom. The minimum Gasteiger partial charge on any atom is -0.477 e. The first-order chi connectivity index (χ1) is 5.22. The van der Waals surface area contributed by atoms with E-state index in [2.05, 4.69) is 10.5 Å². The summed E-state index contributed by atoms with van der Waals surface area (Å²) < 4.78 is 0. The minimum absolute atomic E-state index is 0. The van der Waals surface area contributed by atoms with Gasteiger partial charge in [-0.25, -0.2) is 4.79 Å². The monoisotopic (exact) mass is 192 g/mol. The Balaban J connectivity index is 0.000000720. The van der Waals surface area contributed by atoms with Crippen LogP contribution in [-0.2, 0) is 9.63 Å². The Kier molecular flexibility index (Phi) is 2.25. The fraction of sp³-hybridized carbons (Fsp3) is 0.667. The molecule has 0 unspecified atom stereocenters. The van der Waals surface area contributed by atoms with Crippen LogP contribution in [0.25, 0.3) is 0 Å². The summed E-state index contributed by atoms with van der Waals surface area (Å²) in [5.74, 6) is -0.978. The van der Waals surface area contributed by atoms with Crippen LogP contribution in [-0.4, -0.2) is 35.5 Å². The first kappa shape index (κ1) is 9.28. The van der Waals surface area contributed by atoms with Gasteiger partial charge in [-0.3, -0.25) is 0 Å². The Labute approximate surface area is 75.2 Å². The third kappa shape index (κ3) is 1.25. The van der Waals surface area contributed by atoms with Crippen molar-refractivity contribution in [1.82, 2.24) is 5.32 Å². The standard InChI is InChI=1S/C6H8N2O3.ClH/c9-5(10)4-1-6(11-8-4)2-7-3-6;/h7H,1-3H2,(H,9,10);1H. The van der Waals surface area contributed by atoms with Gasteiger partial charge >= 0.3 is 5.97 Å². The molecule has 1 spiro atoms. The molecular formula is C6H9ClN2O3. The van der Waals surface area contributed by atoms with Crippen molar-refractivity contribution in [2.45, 2.75) is 12.0 Å². The summed E-state index contributed by atoms with van der Waals surface area (Å²) in [5, 5.41) is 15.0. The topological polar surface area (TPSA) is 70.9 Å². The highest BCUT2D eigenvalue weighted by Gasteiger charge is 2.46. The van der Waals surface area contributed by atoms with Gasteiger partial charge in [0.25, 0.3) is 0 Å². The van der Waals surface area contributed by atoms with E-state index in [0.29, 0.717) is 19.5 Å². The van der Waals surface area contributed by atoms with Crippen molar-refractivity contribution in [2.75, 3.05) is 13.1 Å². The molecule has 12 heavy (non-hydrogen) atoms. The number of hydrogen-bond donors (Lipinski definition) is 2. The highest BCUT2D eigenvalue weighted by Crippen LogP contribution is 2.27. The van der Waals surface area contributed by atoms with Crippen LogP contribution in [0.2, 0.25) is 0 Å². The molecule has 2 N–H and O–H groups in total. The fourth-order valence-electron chi connectivity index (χ4n) is 1.23. The second-order valence-electron chi connectivity index (χ2n) is 2.90. The molecule has 2 aliphatic heterocycles. The summed E-state index contributed by atoms with van der Waals surface area (Å²) in [5.41, 5.74) is -0.195. The first-order valence-electron chi connectivity index (χ1n) is 3.41. The van der Waals surface area contributed by atoms with Gasteiger partial charge in [0, 0.05) is 19.5 Å². The zero-order chi connectivity index (χ0) is 7.90. The Hall–Kier alpha value is -0.810. The van der Waals surface area contributed by atoms with E-state index in [1.54, 1.807) is 0 Å². The van der Waals surface area contributed by atoms with E-state index in [1.165, 1.54) is 0 Å². The molecule has 5 nitrogen and oxygen atoms in total. The lowest BCUT2D eigenvalue weighted by Crippen LogP contribution is -2.59. The predicted octanol–water partition coefficient (Wildman–Crippen LogP) is -0.389. The Bertz CT molecular complexity index is 237. The number of oxime groups is 1. The second-order valence-corrected chi connectivity index (χ2v) is 2.90. The molecular weight excluding hydrogens is 184 g/mol. The molecule has 0 radical (unpaired) electrons. The summed E-state index contributed by atoms with van der Waals surface area (Å²) in [7, 11) is 0. The van der Waals surface area contributed by atoms with Gasteiger partial charge in [0.05, 0.1) is 0 Å². The predicted molar refractivity (Wildman–Crippen MR) is 43.6 cm³/mol. The third-order valence-corrected chi connectivity index (χ3v) is 1.98. The summed E-state index contributed by atoms with van der Waals surface area (Å²) in [6.45, 7) is 1.40. The van der Waals surface area contributed by atoms with Crippen LogP contribution in [0.1, 0.15) is 6.42 Å². The lowest BCUT2D eigenvalue weighted by Gasteiger charge is -2.35.